The summed E-state index contributed by atoms with van der Waals surface area (Å²) in [6.07, 6.45) is 5.92. The van der Waals surface area contributed by atoms with Crippen LogP contribution in [-0.2, 0) is 11.3 Å². The molecule has 0 bridgehead atoms. The minimum Gasteiger partial charge on any atom is -0.494 e. The van der Waals surface area contributed by atoms with Crippen LogP contribution in [0.1, 0.15) is 63.5 Å². The largest absolute Gasteiger partial charge is 0.494 e. The van der Waals surface area contributed by atoms with Crippen molar-refractivity contribution in [2.24, 2.45) is 0 Å². The summed E-state index contributed by atoms with van der Waals surface area (Å²) in [5, 5.41) is 9.48. The number of carbonyl (C=O) groups excluding carboxylic acids is 1. The molecule has 0 unspecified atom stereocenters. The highest BCUT2D eigenvalue weighted by molar-refractivity contribution is 6.06. The van der Waals surface area contributed by atoms with Gasteiger partial charge in [-0.3, -0.25) is 9.67 Å². The van der Waals surface area contributed by atoms with Crippen LogP contribution in [0.2, 0.25) is 0 Å². The molecule has 4 heterocycles. The Morgan fingerprint density at radius 1 is 1.04 bits per heavy atom. The van der Waals surface area contributed by atoms with Crippen molar-refractivity contribution in [3.8, 4) is 16.9 Å². The maximum Gasteiger partial charge on any atom is 0.410 e. The molecule has 1 atom stereocenters. The number of H-pyrrole nitrogens is 1. The van der Waals surface area contributed by atoms with E-state index in [1.54, 1.807) is 12.0 Å². The van der Waals surface area contributed by atoms with Crippen LogP contribution in [0.25, 0.3) is 32.9 Å². The van der Waals surface area contributed by atoms with E-state index in [-0.39, 0.29) is 17.8 Å². The molecule has 0 spiro atoms. The van der Waals surface area contributed by atoms with Crippen LogP contribution in [0.3, 0.4) is 0 Å². The van der Waals surface area contributed by atoms with E-state index in [1.165, 1.54) is 5.56 Å². The van der Waals surface area contributed by atoms with Crippen LogP contribution >= 0.6 is 0 Å². The molecule has 46 heavy (non-hydrogen) atoms. The van der Waals surface area contributed by atoms with Gasteiger partial charge in [0.15, 0.2) is 5.75 Å². The Balaban J connectivity index is 1.42. The summed E-state index contributed by atoms with van der Waals surface area (Å²) in [6, 6.07) is 6.70. The number of aromatic nitrogens is 4. The first-order valence-corrected chi connectivity index (χ1v) is 16.6. The number of rotatable bonds is 6. The molecule has 3 aliphatic rings. The number of amides is 1. The number of methoxy groups -OCH3 is 1. The number of likely N-dealkylation sites (tertiary alicyclic amines) is 1. The zero-order valence-corrected chi connectivity index (χ0v) is 27.9. The Labute approximate surface area is 269 Å². The summed E-state index contributed by atoms with van der Waals surface area (Å²) in [5.74, 6) is 1.77. The van der Waals surface area contributed by atoms with Crippen molar-refractivity contribution < 1.29 is 14.3 Å². The van der Waals surface area contributed by atoms with Crippen molar-refractivity contribution in [2.45, 2.75) is 77.5 Å². The van der Waals surface area contributed by atoms with Gasteiger partial charge in [0.05, 0.1) is 24.3 Å². The average Bonchev–Trinajstić information content (AvgIpc) is 3.62. The van der Waals surface area contributed by atoms with E-state index >= 15 is 0 Å². The molecular weight excluding hydrogens is 582 g/mol. The molecule has 2 aromatic carbocycles. The van der Waals surface area contributed by atoms with Gasteiger partial charge in [-0.05, 0) is 102 Å². The number of aromatic amines is 1. The molecule has 244 valence electrons. The molecule has 3 fully saturated rings. The maximum atomic E-state index is 14.2. The van der Waals surface area contributed by atoms with E-state index in [0.29, 0.717) is 50.2 Å². The quantitative estimate of drug-likeness (QED) is 0.308. The molecule has 11 heteroatoms. The Hall–Kier alpha value is -4.12. The number of nitrogens with one attached hydrogen (secondary N) is 1. The van der Waals surface area contributed by atoms with Gasteiger partial charge < -0.3 is 24.2 Å². The van der Waals surface area contributed by atoms with E-state index in [2.05, 4.69) is 52.2 Å². The van der Waals surface area contributed by atoms with Crippen molar-refractivity contribution in [1.82, 2.24) is 29.5 Å². The number of fused-ring (bicyclic) bond motifs is 2. The third kappa shape index (κ3) is 5.48. The first kappa shape index (κ1) is 30.5. The molecule has 11 nitrogen and oxygen atoms in total. The number of aryl methyl sites for hydroxylation is 1. The summed E-state index contributed by atoms with van der Waals surface area (Å²) in [7, 11) is 3.85. The van der Waals surface area contributed by atoms with E-state index in [0.717, 1.165) is 70.7 Å². The molecule has 1 amide bonds. The standard InChI is InChI=1S/C35H45N7O4/c1-21-9-12-27-26(19-36-38-27)28(21)29-24(22-10-11-22)18-25-30(31(29)45-6)42(20-23-8-7-13-39(23)5)33(43)37-32(25)40-14-16-41(17-15-40)34(44)46-35(2,3)4/h9,12,18-19,22-23H,7-8,10-11,13-17,20H2,1-6H3,(H,36,38)/t23-/m0/s1. The fourth-order valence-corrected chi connectivity index (χ4v) is 7.30. The second-order valence-electron chi connectivity index (χ2n) is 14.2. The summed E-state index contributed by atoms with van der Waals surface area (Å²) in [6.45, 7) is 11.4. The molecule has 2 saturated heterocycles. The molecule has 0 radical (unpaired) electrons. The minimum atomic E-state index is -0.559. The minimum absolute atomic E-state index is 0.237. The van der Waals surface area contributed by atoms with Gasteiger partial charge in [-0.25, -0.2) is 9.59 Å². The van der Waals surface area contributed by atoms with Crippen molar-refractivity contribution >= 4 is 33.7 Å². The molecular formula is C35H45N7O4. The Bertz CT molecular complexity index is 1860. The maximum absolute atomic E-state index is 14.2. The molecule has 2 aliphatic heterocycles. The van der Waals surface area contributed by atoms with Crippen LogP contribution in [-0.4, -0.2) is 94.2 Å². The number of ether oxygens (including phenoxy) is 2. The fourth-order valence-electron chi connectivity index (χ4n) is 7.30. The van der Waals surface area contributed by atoms with Crippen molar-refractivity contribution in [2.75, 3.05) is 51.8 Å². The second-order valence-corrected chi connectivity index (χ2v) is 14.2. The number of hydrogen-bond acceptors (Lipinski definition) is 8. The van der Waals surface area contributed by atoms with E-state index < -0.39 is 5.60 Å². The Kier molecular flexibility index (Phi) is 7.70. The molecule has 2 aromatic heterocycles. The Morgan fingerprint density at radius 2 is 1.80 bits per heavy atom. The lowest BCUT2D eigenvalue weighted by Gasteiger charge is -2.37. The summed E-state index contributed by atoms with van der Waals surface area (Å²) in [4.78, 5) is 38.0. The van der Waals surface area contributed by atoms with Crippen molar-refractivity contribution in [3.05, 3.63) is 46.0 Å². The van der Waals surface area contributed by atoms with Gasteiger partial charge in [0.2, 0.25) is 0 Å². The number of likely N-dealkylation sites (N-methyl/N-ethyl adjacent to an activating group) is 1. The van der Waals surface area contributed by atoms with Gasteiger partial charge in [0, 0.05) is 55.1 Å². The van der Waals surface area contributed by atoms with Crippen molar-refractivity contribution in [1.29, 1.82) is 0 Å². The average molecular weight is 628 g/mol. The monoisotopic (exact) mass is 627 g/mol. The van der Waals surface area contributed by atoms with Gasteiger partial charge in [0.1, 0.15) is 11.4 Å². The summed E-state index contributed by atoms with van der Waals surface area (Å²) < 4.78 is 13.9. The lowest BCUT2D eigenvalue weighted by atomic mass is 9.89. The first-order valence-electron chi connectivity index (χ1n) is 16.6. The number of piperazine rings is 1. The zero-order chi connectivity index (χ0) is 32.3. The molecule has 7 rings (SSSR count). The van der Waals surface area contributed by atoms with E-state index in [4.69, 9.17) is 14.5 Å². The highest BCUT2D eigenvalue weighted by atomic mass is 16.6. The molecule has 1 saturated carbocycles. The number of nitrogens with zero attached hydrogens (tertiary/aromatic N) is 6. The number of anilines is 1. The molecule has 1 N–H and O–H groups in total. The molecule has 1 aliphatic carbocycles. The van der Waals surface area contributed by atoms with Gasteiger partial charge >= 0.3 is 11.8 Å². The van der Waals surface area contributed by atoms with Gasteiger partial charge in [-0.2, -0.15) is 10.1 Å². The lowest BCUT2D eigenvalue weighted by molar-refractivity contribution is 0.0240. The highest BCUT2D eigenvalue weighted by Gasteiger charge is 2.35. The smallest absolute Gasteiger partial charge is 0.410 e. The SMILES string of the molecule is COc1c(-c2c(C)ccc3[nH]ncc23)c(C2CC2)cc2c(N3CCN(C(=O)OC(C)(C)C)CC3)nc(=O)n(C[C@@H]3CCCN3C)c12. The zero-order valence-electron chi connectivity index (χ0n) is 27.9. The van der Waals surface area contributed by atoms with Crippen LogP contribution in [0, 0.1) is 6.92 Å². The third-order valence-electron chi connectivity index (χ3n) is 9.83. The van der Waals surface area contributed by atoms with E-state index in [1.807, 2.05) is 31.5 Å². The van der Waals surface area contributed by atoms with Crippen LogP contribution in [0.4, 0.5) is 10.6 Å². The second kappa shape index (κ2) is 11.6. The summed E-state index contributed by atoms with van der Waals surface area (Å²) >= 11 is 0. The topological polar surface area (TPSA) is 109 Å². The van der Waals surface area contributed by atoms with Gasteiger partial charge in [-0.1, -0.05) is 6.07 Å². The predicted octanol–water partition coefficient (Wildman–Crippen LogP) is 5.29. The molecule has 4 aromatic rings. The number of hydrogen-bond donors (Lipinski definition) is 1. The number of benzene rings is 2. The highest BCUT2D eigenvalue weighted by Crippen LogP contribution is 2.52. The third-order valence-corrected chi connectivity index (χ3v) is 9.83. The van der Waals surface area contributed by atoms with Gasteiger partial charge in [0.25, 0.3) is 0 Å². The summed E-state index contributed by atoms with van der Waals surface area (Å²) in [5.41, 5.74) is 5.40. The fraction of sp³-hybridized carbons (Fsp3) is 0.543. The number of carbonyl (C=O) groups is 1. The van der Waals surface area contributed by atoms with Crippen LogP contribution < -0.4 is 15.3 Å². The van der Waals surface area contributed by atoms with Gasteiger partial charge in [-0.15, -0.1) is 0 Å². The normalized spacial score (nSPS) is 19.4. The lowest BCUT2D eigenvalue weighted by Crippen LogP contribution is -2.50. The van der Waals surface area contributed by atoms with E-state index in [9.17, 15) is 9.59 Å². The predicted molar refractivity (Wildman–Crippen MR) is 180 cm³/mol. The van der Waals surface area contributed by atoms with Crippen LogP contribution in [0.15, 0.2) is 29.2 Å². The Morgan fingerprint density at radius 3 is 2.46 bits per heavy atom. The van der Waals surface area contributed by atoms with Crippen LogP contribution in [0.5, 0.6) is 5.75 Å². The first-order chi connectivity index (χ1) is 22.0. The van der Waals surface area contributed by atoms with Crippen molar-refractivity contribution in [3.63, 3.8) is 0 Å².